The van der Waals surface area contributed by atoms with Gasteiger partial charge in [-0.1, -0.05) is 11.1 Å². The third-order valence-electron chi connectivity index (χ3n) is 2.01. The highest BCUT2D eigenvalue weighted by Gasteiger charge is 2.60. The van der Waals surface area contributed by atoms with E-state index < -0.39 is 24.4 Å². The van der Waals surface area contributed by atoms with Gasteiger partial charge in [-0.05, 0) is 33.8 Å². The van der Waals surface area contributed by atoms with Crippen molar-refractivity contribution in [2.45, 2.75) is 46.2 Å². The molecule has 8 heteroatoms. The Labute approximate surface area is 112 Å². The fourth-order valence-corrected chi connectivity index (χ4v) is 1.19. The largest absolute Gasteiger partial charge is 0.439 e. The summed E-state index contributed by atoms with van der Waals surface area (Å²) >= 11 is 0. The van der Waals surface area contributed by atoms with Gasteiger partial charge in [-0.3, -0.25) is 0 Å². The molecule has 0 aliphatic heterocycles. The lowest BCUT2D eigenvalue weighted by Gasteiger charge is -2.23. The van der Waals surface area contributed by atoms with Gasteiger partial charge in [0, 0.05) is 0 Å². The van der Waals surface area contributed by atoms with Crippen LogP contribution in [-0.2, 0) is 9.53 Å². The Morgan fingerprint density at radius 3 is 1.60 bits per heavy atom. The number of ether oxygens (including phenoxy) is 1. The normalized spacial score (nSPS) is 12.2. The number of carbonyl (C=O) groups is 1. The van der Waals surface area contributed by atoms with Crippen LogP contribution in [-0.4, -0.2) is 24.4 Å². The number of alkyl halides is 6. The maximum atomic E-state index is 12.3. The predicted octanol–water partition coefficient (Wildman–Crippen LogP) is 4.33. The highest BCUT2D eigenvalue weighted by atomic mass is 19.4. The van der Waals surface area contributed by atoms with Crippen LogP contribution in [0.3, 0.4) is 0 Å². The standard InChI is InChI=1S/C12H14F6O2/c1-6(2)5-8(7(3)4)9(19)20-10(11(13,14)15)12(16,17)18/h5,10H,1-4H3. The first-order valence-corrected chi connectivity index (χ1v) is 5.43. The van der Waals surface area contributed by atoms with E-state index >= 15 is 0 Å². The summed E-state index contributed by atoms with van der Waals surface area (Å²) in [5.74, 6) is -1.66. The van der Waals surface area contributed by atoms with E-state index in [0.29, 0.717) is 5.57 Å². The molecule has 0 saturated carbocycles. The molecule has 0 fully saturated rings. The molecule has 0 atom stereocenters. The Morgan fingerprint density at radius 1 is 0.950 bits per heavy atom. The maximum absolute atomic E-state index is 12.3. The van der Waals surface area contributed by atoms with Gasteiger partial charge in [0.2, 0.25) is 0 Å². The minimum absolute atomic E-state index is 0.249. The van der Waals surface area contributed by atoms with E-state index in [1.807, 2.05) is 0 Å². The van der Waals surface area contributed by atoms with Gasteiger partial charge in [-0.25, -0.2) is 4.79 Å². The quantitative estimate of drug-likeness (QED) is 0.336. The third kappa shape index (κ3) is 5.66. The molecule has 0 rings (SSSR count). The van der Waals surface area contributed by atoms with Gasteiger partial charge in [0.15, 0.2) is 0 Å². The van der Waals surface area contributed by atoms with E-state index in [2.05, 4.69) is 4.74 Å². The summed E-state index contributed by atoms with van der Waals surface area (Å²) in [6, 6.07) is 0. The fourth-order valence-electron chi connectivity index (χ4n) is 1.19. The maximum Gasteiger partial charge on any atom is 0.434 e. The molecule has 0 aromatic carbocycles. The predicted molar refractivity (Wildman–Crippen MR) is 59.8 cm³/mol. The van der Waals surface area contributed by atoms with Crippen LogP contribution in [0.1, 0.15) is 27.7 Å². The second-order valence-electron chi connectivity index (χ2n) is 4.50. The van der Waals surface area contributed by atoms with Gasteiger partial charge in [0.25, 0.3) is 6.10 Å². The molecule has 2 nitrogen and oxygen atoms in total. The van der Waals surface area contributed by atoms with E-state index in [9.17, 15) is 31.1 Å². The molecular weight excluding hydrogens is 290 g/mol. The van der Waals surface area contributed by atoms with Crippen molar-refractivity contribution in [3.63, 3.8) is 0 Å². The van der Waals surface area contributed by atoms with Crippen LogP contribution >= 0.6 is 0 Å². The molecule has 0 bridgehead atoms. The van der Waals surface area contributed by atoms with Gasteiger partial charge in [-0.15, -0.1) is 0 Å². The van der Waals surface area contributed by atoms with Crippen LogP contribution in [0.25, 0.3) is 0 Å². The molecule has 20 heavy (non-hydrogen) atoms. The Kier molecular flexibility index (Phi) is 5.86. The van der Waals surface area contributed by atoms with Crippen molar-refractivity contribution < 1.29 is 35.9 Å². The molecule has 0 aromatic heterocycles. The molecule has 0 amide bonds. The minimum atomic E-state index is -5.72. The number of allylic oxidation sites excluding steroid dienone is 2. The summed E-state index contributed by atoms with van der Waals surface area (Å²) in [5.41, 5.74) is 0.455. The van der Waals surface area contributed by atoms with Crippen molar-refractivity contribution in [1.29, 1.82) is 0 Å². The number of hydrogen-bond acceptors (Lipinski definition) is 2. The van der Waals surface area contributed by atoms with Crippen LogP contribution in [0.2, 0.25) is 0 Å². The van der Waals surface area contributed by atoms with E-state index in [1.165, 1.54) is 19.9 Å². The third-order valence-corrected chi connectivity index (χ3v) is 2.01. The first kappa shape index (κ1) is 18.5. The lowest BCUT2D eigenvalue weighted by atomic mass is 10.1. The van der Waals surface area contributed by atoms with Crippen LogP contribution in [0, 0.1) is 0 Å². The first-order chi connectivity index (χ1) is 8.76. The van der Waals surface area contributed by atoms with Crippen molar-refractivity contribution >= 4 is 5.97 Å². The second kappa shape index (κ2) is 6.32. The van der Waals surface area contributed by atoms with Gasteiger partial charge in [-0.2, -0.15) is 26.3 Å². The van der Waals surface area contributed by atoms with E-state index in [1.54, 1.807) is 13.8 Å². The summed E-state index contributed by atoms with van der Waals surface area (Å²) in [4.78, 5) is 11.5. The van der Waals surface area contributed by atoms with Gasteiger partial charge >= 0.3 is 18.3 Å². The van der Waals surface area contributed by atoms with Crippen LogP contribution in [0.15, 0.2) is 22.8 Å². The lowest BCUT2D eigenvalue weighted by molar-refractivity contribution is -0.312. The number of carbonyl (C=O) groups excluding carboxylic acids is 1. The molecule has 116 valence electrons. The number of esters is 1. The van der Waals surface area contributed by atoms with Gasteiger partial charge < -0.3 is 4.74 Å². The van der Waals surface area contributed by atoms with Crippen LogP contribution in [0.5, 0.6) is 0 Å². The summed E-state index contributed by atoms with van der Waals surface area (Å²) < 4.78 is 77.3. The molecule has 0 N–H and O–H groups in total. The monoisotopic (exact) mass is 304 g/mol. The van der Waals surface area contributed by atoms with Gasteiger partial charge in [0.05, 0.1) is 5.57 Å². The number of rotatable bonds is 3. The molecule has 0 aromatic rings. The molecule has 0 aliphatic carbocycles. The molecule has 0 saturated heterocycles. The van der Waals surface area contributed by atoms with E-state index in [-0.39, 0.29) is 11.1 Å². The van der Waals surface area contributed by atoms with E-state index in [4.69, 9.17) is 0 Å². The second-order valence-corrected chi connectivity index (χ2v) is 4.50. The molecule has 0 radical (unpaired) electrons. The smallest absolute Gasteiger partial charge is 0.434 e. The first-order valence-electron chi connectivity index (χ1n) is 5.43. The van der Waals surface area contributed by atoms with Gasteiger partial charge in [0.1, 0.15) is 0 Å². The van der Waals surface area contributed by atoms with Crippen LogP contribution < -0.4 is 0 Å². The van der Waals surface area contributed by atoms with Crippen LogP contribution in [0.4, 0.5) is 26.3 Å². The highest BCUT2D eigenvalue weighted by molar-refractivity contribution is 5.92. The Hall–Kier alpha value is -1.47. The zero-order valence-corrected chi connectivity index (χ0v) is 11.2. The summed E-state index contributed by atoms with van der Waals surface area (Å²) in [6.45, 7) is 5.85. The summed E-state index contributed by atoms with van der Waals surface area (Å²) in [7, 11) is 0. The molecule has 0 heterocycles. The Morgan fingerprint density at radius 2 is 1.35 bits per heavy atom. The van der Waals surface area contributed by atoms with Crippen molar-refractivity contribution in [1.82, 2.24) is 0 Å². The average Bonchev–Trinajstić information content (AvgIpc) is 2.18. The van der Waals surface area contributed by atoms with Crippen molar-refractivity contribution in [3.8, 4) is 0 Å². The summed E-state index contributed by atoms with van der Waals surface area (Å²) in [6.07, 6.45) is -14.4. The molecule has 0 spiro atoms. The molecule has 0 aliphatic rings. The van der Waals surface area contributed by atoms with Crippen molar-refractivity contribution in [3.05, 3.63) is 22.8 Å². The summed E-state index contributed by atoms with van der Waals surface area (Å²) in [5, 5.41) is 0. The molecule has 0 unspecified atom stereocenters. The molecular formula is C12H14F6O2. The average molecular weight is 304 g/mol. The minimum Gasteiger partial charge on any atom is -0.439 e. The highest BCUT2D eigenvalue weighted by Crippen LogP contribution is 2.36. The number of halogens is 6. The lowest BCUT2D eigenvalue weighted by Crippen LogP contribution is -2.45. The Bertz CT molecular complexity index is 406. The Balaban J connectivity index is 5.42. The zero-order valence-electron chi connectivity index (χ0n) is 11.2. The van der Waals surface area contributed by atoms with Crippen molar-refractivity contribution in [2.24, 2.45) is 0 Å². The van der Waals surface area contributed by atoms with Crippen molar-refractivity contribution in [2.75, 3.05) is 0 Å². The fraction of sp³-hybridized carbons (Fsp3) is 0.583. The van der Waals surface area contributed by atoms with E-state index in [0.717, 1.165) is 0 Å². The SMILES string of the molecule is CC(C)=CC(C(=O)OC(C(F)(F)F)C(F)(F)F)=C(C)C. The zero-order chi connectivity index (χ0) is 16.3. The number of hydrogen-bond donors (Lipinski definition) is 0. The topological polar surface area (TPSA) is 26.3 Å².